The van der Waals surface area contributed by atoms with E-state index in [2.05, 4.69) is 0 Å². The van der Waals surface area contributed by atoms with Gasteiger partial charge in [-0.2, -0.15) is 0 Å². The van der Waals surface area contributed by atoms with Gasteiger partial charge in [0.2, 0.25) is 6.04 Å². The molecule has 27 heavy (non-hydrogen) atoms. The first-order valence-electron chi connectivity index (χ1n) is 8.27. The maximum atomic E-state index is 12.4. The summed E-state index contributed by atoms with van der Waals surface area (Å²) in [6.45, 7) is 1.71. The van der Waals surface area contributed by atoms with Crippen LogP contribution in [0.2, 0.25) is 0 Å². The fraction of sp³-hybridized carbons (Fsp3) is 0.529. The Morgan fingerprint density at radius 2 is 1.89 bits per heavy atom. The number of hydrogen-bond donors (Lipinski definition) is 0. The highest BCUT2D eigenvalue weighted by Crippen LogP contribution is 2.41. The van der Waals surface area contributed by atoms with Crippen LogP contribution in [0.5, 0.6) is 11.5 Å². The van der Waals surface area contributed by atoms with E-state index in [0.29, 0.717) is 17.1 Å². The highest BCUT2D eigenvalue weighted by Gasteiger charge is 2.54. The summed E-state index contributed by atoms with van der Waals surface area (Å²) in [7, 11) is 4.04. The van der Waals surface area contributed by atoms with Gasteiger partial charge in [-0.05, 0) is 24.6 Å². The van der Waals surface area contributed by atoms with Crippen LogP contribution in [0, 0.1) is 10.1 Å². The summed E-state index contributed by atoms with van der Waals surface area (Å²) >= 11 is 0. The molecule has 148 valence electrons. The average Bonchev–Trinajstić information content (AvgIpc) is 3.08. The zero-order valence-corrected chi connectivity index (χ0v) is 15.5. The van der Waals surface area contributed by atoms with Gasteiger partial charge in [-0.15, -0.1) is 0 Å². The quantitative estimate of drug-likeness (QED) is 0.415. The molecule has 0 N–H and O–H groups in total. The Balaban J connectivity index is 2.55. The largest absolute Gasteiger partial charge is 0.493 e. The molecule has 0 bridgehead atoms. The fourth-order valence-corrected chi connectivity index (χ4v) is 3.27. The molecule has 1 aromatic carbocycles. The number of likely N-dealkylation sites (tertiary alicyclic amines) is 1. The molecule has 1 saturated heterocycles. The van der Waals surface area contributed by atoms with Crippen LogP contribution in [-0.4, -0.2) is 61.9 Å². The van der Waals surface area contributed by atoms with Crippen molar-refractivity contribution in [1.82, 2.24) is 4.90 Å². The zero-order valence-electron chi connectivity index (χ0n) is 15.5. The molecule has 2 rings (SSSR count). The summed E-state index contributed by atoms with van der Waals surface area (Å²) in [5.74, 6) is 0.0719. The first-order valence-corrected chi connectivity index (χ1v) is 8.27. The van der Waals surface area contributed by atoms with E-state index in [1.54, 1.807) is 25.1 Å². The standard InChI is InChI=1S/C17H22N2O8/c1-5-27-16(20)12-9-11(19(22)23)15(18(12)17(21)26-4)10-6-7-13(24-2)14(8-10)25-3/h6-8,11-12,15H,5,9H2,1-4H3/t11-,12-,15-/m0/s1. The fourth-order valence-electron chi connectivity index (χ4n) is 3.27. The van der Waals surface area contributed by atoms with Gasteiger partial charge in [-0.1, -0.05) is 6.07 Å². The van der Waals surface area contributed by atoms with E-state index in [-0.39, 0.29) is 13.0 Å². The van der Waals surface area contributed by atoms with Gasteiger partial charge in [-0.25, -0.2) is 9.59 Å². The molecular weight excluding hydrogens is 360 g/mol. The van der Waals surface area contributed by atoms with Crippen molar-refractivity contribution < 1.29 is 33.5 Å². The summed E-state index contributed by atoms with van der Waals surface area (Å²) in [6, 6.07) is 1.36. The van der Waals surface area contributed by atoms with Gasteiger partial charge < -0.3 is 18.9 Å². The third-order valence-corrected chi connectivity index (χ3v) is 4.43. The maximum absolute atomic E-state index is 12.4. The van der Waals surface area contributed by atoms with Crippen LogP contribution >= 0.6 is 0 Å². The Morgan fingerprint density at radius 3 is 2.41 bits per heavy atom. The topological polar surface area (TPSA) is 117 Å². The lowest BCUT2D eigenvalue weighted by Gasteiger charge is -2.27. The number of hydrogen-bond acceptors (Lipinski definition) is 8. The molecular formula is C17H22N2O8. The second kappa shape index (κ2) is 8.56. The van der Waals surface area contributed by atoms with Crippen molar-refractivity contribution in [2.75, 3.05) is 27.9 Å². The summed E-state index contributed by atoms with van der Waals surface area (Å²) in [5.41, 5.74) is 0.423. The lowest BCUT2D eigenvalue weighted by Crippen LogP contribution is -2.43. The first-order chi connectivity index (χ1) is 12.9. The number of rotatable bonds is 6. The van der Waals surface area contributed by atoms with Gasteiger partial charge in [0.15, 0.2) is 11.5 Å². The van der Waals surface area contributed by atoms with Gasteiger partial charge in [0.25, 0.3) is 0 Å². The van der Waals surface area contributed by atoms with E-state index in [0.717, 1.165) is 12.0 Å². The molecule has 3 atom stereocenters. The Labute approximate surface area is 156 Å². The van der Waals surface area contributed by atoms with Crippen molar-refractivity contribution >= 4 is 12.1 Å². The molecule has 0 unspecified atom stereocenters. The number of nitrogens with zero attached hydrogens (tertiary/aromatic N) is 2. The first kappa shape index (κ1) is 20.3. The van der Waals surface area contributed by atoms with Gasteiger partial charge >= 0.3 is 12.1 Å². The van der Waals surface area contributed by atoms with E-state index in [4.69, 9.17) is 18.9 Å². The predicted octanol–water partition coefficient (Wildman–Crippen LogP) is 1.79. The third-order valence-electron chi connectivity index (χ3n) is 4.43. The molecule has 1 fully saturated rings. The highest BCUT2D eigenvalue weighted by molar-refractivity contribution is 5.83. The molecule has 0 radical (unpaired) electrons. The van der Waals surface area contributed by atoms with Crippen LogP contribution in [0.15, 0.2) is 18.2 Å². The third kappa shape index (κ3) is 3.88. The van der Waals surface area contributed by atoms with Crippen molar-refractivity contribution in [1.29, 1.82) is 0 Å². The minimum absolute atomic E-state index is 0.0918. The molecule has 0 aromatic heterocycles. The molecule has 10 nitrogen and oxygen atoms in total. The number of benzene rings is 1. The molecule has 0 spiro atoms. The Bertz CT molecular complexity index is 723. The van der Waals surface area contributed by atoms with E-state index in [1.807, 2.05) is 0 Å². The lowest BCUT2D eigenvalue weighted by molar-refractivity contribution is -0.525. The van der Waals surface area contributed by atoms with Crippen LogP contribution in [0.3, 0.4) is 0 Å². The lowest BCUT2D eigenvalue weighted by atomic mass is 10.00. The van der Waals surface area contributed by atoms with E-state index < -0.39 is 35.1 Å². The number of ether oxygens (including phenoxy) is 4. The van der Waals surface area contributed by atoms with Crippen molar-refractivity contribution in [2.45, 2.75) is 31.5 Å². The van der Waals surface area contributed by atoms with E-state index in [9.17, 15) is 19.7 Å². The van der Waals surface area contributed by atoms with E-state index in [1.165, 1.54) is 14.2 Å². The Hall–Kier alpha value is -3.04. The van der Waals surface area contributed by atoms with Crippen LogP contribution in [-0.2, 0) is 14.3 Å². The molecule has 0 aliphatic carbocycles. The molecule has 10 heteroatoms. The number of carbonyl (C=O) groups excluding carboxylic acids is 2. The molecule has 1 aromatic rings. The number of esters is 1. The number of carbonyl (C=O) groups is 2. The van der Waals surface area contributed by atoms with Crippen LogP contribution in [0.4, 0.5) is 4.79 Å². The Kier molecular flexibility index (Phi) is 6.43. The summed E-state index contributed by atoms with van der Waals surface area (Å²) < 4.78 is 20.2. The summed E-state index contributed by atoms with van der Waals surface area (Å²) in [6.07, 6.45) is -1.03. The predicted molar refractivity (Wildman–Crippen MR) is 92.4 cm³/mol. The SMILES string of the molecule is CCOC(=O)[C@@H]1C[C@H]([N+](=O)[O-])[C@H](c2ccc(OC)c(OC)c2)N1C(=O)OC. The minimum atomic E-state index is -1.21. The van der Waals surface area contributed by atoms with Crippen molar-refractivity contribution in [2.24, 2.45) is 0 Å². The Morgan fingerprint density at radius 1 is 1.22 bits per heavy atom. The van der Waals surface area contributed by atoms with Crippen LogP contribution in [0.1, 0.15) is 24.9 Å². The molecule has 1 aliphatic heterocycles. The molecule has 0 saturated carbocycles. The average molecular weight is 382 g/mol. The zero-order chi connectivity index (χ0) is 20.1. The summed E-state index contributed by atoms with van der Waals surface area (Å²) in [5, 5.41) is 11.7. The van der Waals surface area contributed by atoms with Gasteiger partial charge in [-0.3, -0.25) is 15.0 Å². The van der Waals surface area contributed by atoms with Crippen molar-refractivity contribution in [3.8, 4) is 11.5 Å². The van der Waals surface area contributed by atoms with Crippen molar-refractivity contribution in [3.63, 3.8) is 0 Å². The van der Waals surface area contributed by atoms with Crippen LogP contribution < -0.4 is 9.47 Å². The minimum Gasteiger partial charge on any atom is -0.493 e. The molecule has 1 heterocycles. The van der Waals surface area contributed by atoms with Gasteiger partial charge in [0, 0.05) is 11.3 Å². The number of nitro groups is 1. The van der Waals surface area contributed by atoms with E-state index >= 15 is 0 Å². The summed E-state index contributed by atoms with van der Waals surface area (Å²) in [4.78, 5) is 36.9. The maximum Gasteiger partial charge on any atom is 0.411 e. The molecule has 1 aliphatic rings. The second-order valence-electron chi connectivity index (χ2n) is 5.79. The van der Waals surface area contributed by atoms with Gasteiger partial charge in [0.1, 0.15) is 12.1 Å². The smallest absolute Gasteiger partial charge is 0.411 e. The number of amides is 1. The van der Waals surface area contributed by atoms with Crippen molar-refractivity contribution in [3.05, 3.63) is 33.9 Å². The monoisotopic (exact) mass is 382 g/mol. The number of methoxy groups -OCH3 is 3. The van der Waals surface area contributed by atoms with Crippen LogP contribution in [0.25, 0.3) is 0 Å². The van der Waals surface area contributed by atoms with Gasteiger partial charge in [0.05, 0.1) is 27.9 Å². The molecule has 1 amide bonds. The second-order valence-corrected chi connectivity index (χ2v) is 5.79. The normalized spacial score (nSPS) is 21.5. The highest BCUT2D eigenvalue weighted by atomic mass is 16.6.